The molecule has 1 heterocycles. The quantitative estimate of drug-likeness (QED) is 0.721. The molecule has 0 saturated carbocycles. The van der Waals surface area contributed by atoms with Crippen molar-refractivity contribution in [3.8, 4) is 0 Å². The van der Waals surface area contributed by atoms with Gasteiger partial charge in [0.15, 0.2) is 6.61 Å². The minimum atomic E-state index is -3.55. The zero-order valence-corrected chi connectivity index (χ0v) is 16.3. The molecule has 1 aromatic rings. The summed E-state index contributed by atoms with van der Waals surface area (Å²) in [7, 11) is -3.55. The molecule has 1 fully saturated rings. The predicted octanol–water partition coefficient (Wildman–Crippen LogP) is 1.50. The summed E-state index contributed by atoms with van der Waals surface area (Å²) in [6.07, 6.45) is 0.239. The Hall–Kier alpha value is -1.93. The maximum atomic E-state index is 12.6. The smallest absolute Gasteiger partial charge is 0.306 e. The van der Waals surface area contributed by atoms with E-state index in [1.165, 1.54) is 9.21 Å². The van der Waals surface area contributed by atoms with Gasteiger partial charge in [0.25, 0.3) is 5.91 Å². The number of piperazine rings is 1. The van der Waals surface area contributed by atoms with Crippen LogP contribution < -0.4 is 0 Å². The highest BCUT2D eigenvalue weighted by molar-refractivity contribution is 7.89. The monoisotopic (exact) mass is 382 g/mol. The van der Waals surface area contributed by atoms with Crippen LogP contribution in [0, 0.1) is 5.41 Å². The number of hydrogen-bond acceptors (Lipinski definition) is 5. The summed E-state index contributed by atoms with van der Waals surface area (Å²) < 4.78 is 31.5. The minimum absolute atomic E-state index is 0.197. The highest BCUT2D eigenvalue weighted by atomic mass is 32.2. The van der Waals surface area contributed by atoms with E-state index < -0.39 is 16.0 Å². The van der Waals surface area contributed by atoms with Crippen molar-refractivity contribution < 1.29 is 22.7 Å². The van der Waals surface area contributed by atoms with Crippen LogP contribution in [0.1, 0.15) is 27.2 Å². The number of ether oxygens (including phenoxy) is 1. The summed E-state index contributed by atoms with van der Waals surface area (Å²) >= 11 is 0. The van der Waals surface area contributed by atoms with Crippen molar-refractivity contribution in [3.63, 3.8) is 0 Å². The largest absolute Gasteiger partial charge is 0.456 e. The molecule has 1 aromatic carbocycles. The zero-order valence-electron chi connectivity index (χ0n) is 15.5. The van der Waals surface area contributed by atoms with Gasteiger partial charge in [-0.3, -0.25) is 9.59 Å². The lowest BCUT2D eigenvalue weighted by Gasteiger charge is -2.33. The number of benzene rings is 1. The summed E-state index contributed by atoms with van der Waals surface area (Å²) in [5, 5.41) is 0. The van der Waals surface area contributed by atoms with Crippen molar-refractivity contribution in [1.29, 1.82) is 0 Å². The fourth-order valence-electron chi connectivity index (χ4n) is 2.64. The Kier molecular flexibility index (Phi) is 6.41. The first kappa shape index (κ1) is 20.4. The van der Waals surface area contributed by atoms with Crippen LogP contribution >= 0.6 is 0 Å². The van der Waals surface area contributed by atoms with Crippen molar-refractivity contribution in [1.82, 2.24) is 9.21 Å². The highest BCUT2D eigenvalue weighted by Gasteiger charge is 2.30. The van der Waals surface area contributed by atoms with Crippen LogP contribution in [0.3, 0.4) is 0 Å². The lowest BCUT2D eigenvalue weighted by molar-refractivity contribution is -0.154. The van der Waals surface area contributed by atoms with Crippen LogP contribution in [-0.2, 0) is 24.3 Å². The van der Waals surface area contributed by atoms with Gasteiger partial charge in [-0.2, -0.15) is 4.31 Å². The Balaban J connectivity index is 1.84. The Morgan fingerprint density at radius 3 is 2.15 bits per heavy atom. The molecule has 0 aliphatic carbocycles. The van der Waals surface area contributed by atoms with Crippen molar-refractivity contribution in [2.75, 3.05) is 32.8 Å². The van der Waals surface area contributed by atoms with Crippen molar-refractivity contribution in [2.45, 2.75) is 32.1 Å². The van der Waals surface area contributed by atoms with Gasteiger partial charge in [-0.15, -0.1) is 0 Å². The first-order chi connectivity index (χ1) is 12.1. The van der Waals surface area contributed by atoms with Gasteiger partial charge in [-0.05, 0) is 17.5 Å². The molecule has 1 amide bonds. The molecule has 144 valence electrons. The van der Waals surface area contributed by atoms with Crippen molar-refractivity contribution in [3.05, 3.63) is 30.3 Å². The lowest BCUT2D eigenvalue weighted by atomic mass is 9.92. The van der Waals surface area contributed by atoms with Crippen LogP contribution in [0.4, 0.5) is 0 Å². The fourth-order valence-corrected chi connectivity index (χ4v) is 4.08. The Morgan fingerprint density at radius 1 is 1.04 bits per heavy atom. The third-order valence-corrected chi connectivity index (χ3v) is 5.92. The average molecular weight is 382 g/mol. The number of sulfonamides is 1. The van der Waals surface area contributed by atoms with E-state index in [0.29, 0.717) is 0 Å². The molecule has 26 heavy (non-hydrogen) atoms. The molecule has 0 bridgehead atoms. The minimum Gasteiger partial charge on any atom is -0.456 e. The Labute approximate surface area is 155 Å². The first-order valence-corrected chi connectivity index (χ1v) is 10.0. The van der Waals surface area contributed by atoms with E-state index in [4.69, 9.17) is 4.74 Å². The molecule has 7 nitrogen and oxygen atoms in total. The van der Waals surface area contributed by atoms with E-state index in [9.17, 15) is 18.0 Å². The van der Waals surface area contributed by atoms with E-state index in [-0.39, 0.29) is 55.4 Å². The average Bonchev–Trinajstić information content (AvgIpc) is 2.59. The fraction of sp³-hybridized carbons (Fsp3) is 0.556. The molecule has 2 rings (SSSR count). The zero-order chi connectivity index (χ0) is 19.4. The van der Waals surface area contributed by atoms with Gasteiger partial charge in [0.05, 0.1) is 11.3 Å². The number of rotatable bonds is 5. The first-order valence-electron chi connectivity index (χ1n) is 8.58. The van der Waals surface area contributed by atoms with Gasteiger partial charge in [0.2, 0.25) is 10.0 Å². The summed E-state index contributed by atoms with van der Waals surface area (Å²) in [5.74, 6) is -0.708. The maximum absolute atomic E-state index is 12.6. The summed E-state index contributed by atoms with van der Waals surface area (Å²) in [6, 6.07) is 8.23. The van der Waals surface area contributed by atoms with Crippen LogP contribution in [0.15, 0.2) is 35.2 Å². The summed E-state index contributed by atoms with van der Waals surface area (Å²) in [5.41, 5.74) is -0.197. The molecular weight excluding hydrogens is 356 g/mol. The number of amides is 1. The van der Waals surface area contributed by atoms with E-state index in [0.717, 1.165) is 0 Å². The Bertz CT molecular complexity index is 733. The molecule has 0 atom stereocenters. The normalized spacial score (nSPS) is 16.3. The van der Waals surface area contributed by atoms with E-state index in [1.54, 1.807) is 30.3 Å². The SMILES string of the molecule is CC(C)(C)CC(=O)OCC(=O)N1CCN(S(=O)(=O)c2ccccc2)CC1. The van der Waals surface area contributed by atoms with E-state index in [2.05, 4.69) is 0 Å². The molecule has 1 aliphatic heterocycles. The van der Waals surface area contributed by atoms with Crippen LogP contribution in [0.5, 0.6) is 0 Å². The van der Waals surface area contributed by atoms with Crippen LogP contribution in [0.25, 0.3) is 0 Å². The number of carbonyl (C=O) groups excluding carboxylic acids is 2. The van der Waals surface area contributed by atoms with Gasteiger partial charge >= 0.3 is 5.97 Å². The topological polar surface area (TPSA) is 84.0 Å². The predicted molar refractivity (Wildman–Crippen MR) is 96.8 cm³/mol. The second-order valence-corrected chi connectivity index (χ2v) is 9.43. The lowest BCUT2D eigenvalue weighted by Crippen LogP contribution is -2.51. The third-order valence-electron chi connectivity index (χ3n) is 4.00. The number of nitrogens with zero attached hydrogens (tertiary/aromatic N) is 2. The second kappa shape index (κ2) is 8.18. The molecule has 0 spiro atoms. The highest BCUT2D eigenvalue weighted by Crippen LogP contribution is 2.19. The van der Waals surface area contributed by atoms with Crippen molar-refractivity contribution in [2.24, 2.45) is 5.41 Å². The molecule has 1 aliphatic rings. The number of carbonyl (C=O) groups is 2. The molecule has 8 heteroatoms. The summed E-state index contributed by atoms with van der Waals surface area (Å²) in [4.78, 5) is 25.7. The number of esters is 1. The number of hydrogen-bond donors (Lipinski definition) is 0. The molecule has 0 N–H and O–H groups in total. The summed E-state index contributed by atoms with van der Waals surface area (Å²) in [6.45, 7) is 6.45. The van der Waals surface area contributed by atoms with Gasteiger partial charge in [-0.25, -0.2) is 8.42 Å². The van der Waals surface area contributed by atoms with Gasteiger partial charge in [0.1, 0.15) is 0 Å². The molecule has 0 aromatic heterocycles. The van der Waals surface area contributed by atoms with Gasteiger partial charge < -0.3 is 9.64 Å². The Morgan fingerprint density at radius 2 is 1.62 bits per heavy atom. The van der Waals surface area contributed by atoms with Gasteiger partial charge in [0, 0.05) is 26.2 Å². The van der Waals surface area contributed by atoms with Crippen LogP contribution in [0.2, 0.25) is 0 Å². The van der Waals surface area contributed by atoms with E-state index >= 15 is 0 Å². The standard InChI is InChI=1S/C18H26N2O5S/c1-18(2,3)13-17(22)25-14-16(21)19-9-11-20(12-10-19)26(23,24)15-7-5-4-6-8-15/h4-8H,9-14H2,1-3H3. The molecule has 0 unspecified atom stereocenters. The van der Waals surface area contributed by atoms with Crippen molar-refractivity contribution >= 4 is 21.9 Å². The van der Waals surface area contributed by atoms with Gasteiger partial charge in [-0.1, -0.05) is 39.0 Å². The van der Waals surface area contributed by atoms with Crippen LogP contribution in [-0.4, -0.2) is 62.3 Å². The second-order valence-electron chi connectivity index (χ2n) is 7.50. The molecular formula is C18H26N2O5S. The molecule has 0 radical (unpaired) electrons. The molecule has 1 saturated heterocycles. The maximum Gasteiger partial charge on any atom is 0.306 e. The third kappa shape index (κ3) is 5.54. The van der Waals surface area contributed by atoms with E-state index in [1.807, 2.05) is 20.8 Å².